The van der Waals surface area contributed by atoms with Crippen LogP contribution in [0.4, 0.5) is 0 Å². The van der Waals surface area contributed by atoms with Crippen LogP contribution in [0.2, 0.25) is 0 Å². The standard InChI is InChI=1S/C14H19NO5/c1-19-8-7-11(14(17)18)15-13(16)9-10-5-3-4-6-12(10)20-2/h3-6,11H,7-9H2,1-2H3,(H,15,16)(H,17,18). The fourth-order valence-electron chi connectivity index (χ4n) is 1.76. The van der Waals surface area contributed by atoms with Crippen LogP contribution in [-0.4, -0.2) is 43.9 Å². The molecular weight excluding hydrogens is 262 g/mol. The number of nitrogens with one attached hydrogen (secondary N) is 1. The van der Waals surface area contributed by atoms with E-state index < -0.39 is 12.0 Å². The quantitative estimate of drug-likeness (QED) is 0.737. The molecule has 0 aromatic heterocycles. The van der Waals surface area contributed by atoms with Crippen molar-refractivity contribution in [1.82, 2.24) is 5.32 Å². The SMILES string of the molecule is COCCC(NC(=O)Cc1ccccc1OC)C(=O)O. The van der Waals surface area contributed by atoms with E-state index in [1.165, 1.54) is 14.2 Å². The first-order valence-electron chi connectivity index (χ1n) is 6.21. The summed E-state index contributed by atoms with van der Waals surface area (Å²) in [4.78, 5) is 22.9. The number of aliphatic carboxylic acids is 1. The zero-order valence-electron chi connectivity index (χ0n) is 11.6. The van der Waals surface area contributed by atoms with Crippen molar-refractivity contribution in [3.05, 3.63) is 29.8 Å². The summed E-state index contributed by atoms with van der Waals surface area (Å²) in [5.74, 6) is -0.833. The number of hydrogen-bond acceptors (Lipinski definition) is 4. The van der Waals surface area contributed by atoms with E-state index in [1.54, 1.807) is 24.3 Å². The Bertz CT molecular complexity index is 461. The minimum absolute atomic E-state index is 0.0702. The Morgan fingerprint density at radius 3 is 2.60 bits per heavy atom. The largest absolute Gasteiger partial charge is 0.496 e. The highest BCUT2D eigenvalue weighted by Gasteiger charge is 2.20. The lowest BCUT2D eigenvalue weighted by Crippen LogP contribution is -2.42. The number of carboxylic acid groups (broad SMARTS) is 1. The third-order valence-corrected chi connectivity index (χ3v) is 2.79. The molecule has 0 aliphatic carbocycles. The Balaban J connectivity index is 2.63. The number of para-hydroxylation sites is 1. The second-order valence-electron chi connectivity index (χ2n) is 4.23. The Kier molecular flexibility index (Phi) is 6.52. The van der Waals surface area contributed by atoms with Gasteiger partial charge in [0.1, 0.15) is 11.8 Å². The average molecular weight is 281 g/mol. The van der Waals surface area contributed by atoms with Crippen LogP contribution >= 0.6 is 0 Å². The van der Waals surface area contributed by atoms with Crippen molar-refractivity contribution in [2.24, 2.45) is 0 Å². The normalized spacial score (nSPS) is 11.7. The molecule has 0 radical (unpaired) electrons. The van der Waals surface area contributed by atoms with Crippen molar-refractivity contribution >= 4 is 11.9 Å². The highest BCUT2D eigenvalue weighted by atomic mass is 16.5. The van der Waals surface area contributed by atoms with Crippen LogP contribution in [0.5, 0.6) is 5.75 Å². The number of carbonyl (C=O) groups is 2. The lowest BCUT2D eigenvalue weighted by atomic mass is 10.1. The molecule has 0 saturated carbocycles. The van der Waals surface area contributed by atoms with Crippen LogP contribution in [0, 0.1) is 0 Å². The predicted octanol–water partition coefficient (Wildman–Crippen LogP) is 0.844. The van der Waals surface area contributed by atoms with Gasteiger partial charge in [-0.25, -0.2) is 4.79 Å². The lowest BCUT2D eigenvalue weighted by Gasteiger charge is -2.14. The van der Waals surface area contributed by atoms with E-state index in [2.05, 4.69) is 5.32 Å². The van der Waals surface area contributed by atoms with Gasteiger partial charge in [-0.15, -0.1) is 0 Å². The highest BCUT2D eigenvalue weighted by Crippen LogP contribution is 2.17. The van der Waals surface area contributed by atoms with Crippen molar-refractivity contribution in [1.29, 1.82) is 0 Å². The molecule has 0 fully saturated rings. The van der Waals surface area contributed by atoms with Crippen LogP contribution < -0.4 is 10.1 Å². The maximum atomic E-state index is 11.9. The Morgan fingerprint density at radius 2 is 2.00 bits per heavy atom. The molecule has 0 aliphatic rings. The maximum Gasteiger partial charge on any atom is 0.326 e. The van der Waals surface area contributed by atoms with E-state index in [0.717, 1.165) is 0 Å². The fourth-order valence-corrected chi connectivity index (χ4v) is 1.76. The van der Waals surface area contributed by atoms with Crippen molar-refractivity contribution in [3.8, 4) is 5.75 Å². The van der Waals surface area contributed by atoms with Gasteiger partial charge in [0.2, 0.25) is 5.91 Å². The van der Waals surface area contributed by atoms with Gasteiger partial charge >= 0.3 is 5.97 Å². The first-order chi connectivity index (χ1) is 9.58. The molecule has 6 heteroatoms. The van der Waals surface area contributed by atoms with Crippen molar-refractivity contribution in [2.75, 3.05) is 20.8 Å². The third kappa shape index (κ3) is 4.89. The smallest absolute Gasteiger partial charge is 0.326 e. The van der Waals surface area contributed by atoms with Crippen molar-refractivity contribution in [3.63, 3.8) is 0 Å². The van der Waals surface area contributed by atoms with E-state index in [0.29, 0.717) is 11.3 Å². The lowest BCUT2D eigenvalue weighted by molar-refractivity contribution is -0.142. The monoisotopic (exact) mass is 281 g/mol. The number of carbonyl (C=O) groups excluding carboxylic acids is 1. The molecule has 2 N–H and O–H groups in total. The molecule has 6 nitrogen and oxygen atoms in total. The fraction of sp³-hybridized carbons (Fsp3) is 0.429. The molecule has 0 bridgehead atoms. The summed E-state index contributed by atoms with van der Waals surface area (Å²) in [5.41, 5.74) is 0.711. The third-order valence-electron chi connectivity index (χ3n) is 2.79. The van der Waals surface area contributed by atoms with Crippen LogP contribution in [0.1, 0.15) is 12.0 Å². The van der Waals surface area contributed by atoms with E-state index >= 15 is 0 Å². The first kappa shape index (κ1) is 16.0. The maximum absolute atomic E-state index is 11.9. The number of benzene rings is 1. The van der Waals surface area contributed by atoms with Gasteiger partial charge in [0.05, 0.1) is 13.5 Å². The van der Waals surface area contributed by atoms with Gasteiger partial charge in [0.25, 0.3) is 0 Å². The number of rotatable bonds is 8. The van der Waals surface area contributed by atoms with Crippen LogP contribution in [0.25, 0.3) is 0 Å². The molecule has 1 aromatic carbocycles. The zero-order valence-corrected chi connectivity index (χ0v) is 11.6. The number of methoxy groups -OCH3 is 2. The summed E-state index contributed by atoms with van der Waals surface area (Å²) in [6.07, 6.45) is 0.296. The summed E-state index contributed by atoms with van der Waals surface area (Å²) >= 11 is 0. The van der Waals surface area contributed by atoms with Gasteiger partial charge in [-0.05, 0) is 6.07 Å². The molecule has 1 unspecified atom stereocenters. The van der Waals surface area contributed by atoms with Crippen LogP contribution in [-0.2, 0) is 20.7 Å². The number of carboxylic acids is 1. The molecule has 0 saturated heterocycles. The van der Waals surface area contributed by atoms with Gasteiger partial charge in [0.15, 0.2) is 0 Å². The molecule has 1 rings (SSSR count). The molecule has 110 valence electrons. The van der Waals surface area contributed by atoms with Gasteiger partial charge in [-0.2, -0.15) is 0 Å². The van der Waals surface area contributed by atoms with Crippen LogP contribution in [0.3, 0.4) is 0 Å². The Morgan fingerprint density at radius 1 is 1.30 bits per heavy atom. The van der Waals surface area contributed by atoms with E-state index in [4.69, 9.17) is 14.6 Å². The number of hydrogen-bond donors (Lipinski definition) is 2. The summed E-state index contributed by atoms with van der Waals surface area (Å²) in [6, 6.07) is 6.17. The molecule has 0 spiro atoms. The zero-order chi connectivity index (χ0) is 15.0. The summed E-state index contributed by atoms with van der Waals surface area (Å²) < 4.78 is 9.97. The first-order valence-corrected chi connectivity index (χ1v) is 6.21. The molecule has 0 aliphatic heterocycles. The average Bonchev–Trinajstić information content (AvgIpc) is 2.43. The molecular formula is C14H19NO5. The van der Waals surface area contributed by atoms with Crippen molar-refractivity contribution in [2.45, 2.75) is 18.9 Å². The minimum atomic E-state index is -1.07. The molecule has 1 amide bonds. The summed E-state index contributed by atoms with van der Waals surface area (Å²) in [5, 5.41) is 11.5. The highest BCUT2D eigenvalue weighted by molar-refractivity contribution is 5.85. The Hall–Kier alpha value is -2.08. The van der Waals surface area contributed by atoms with Gasteiger partial charge < -0.3 is 19.9 Å². The van der Waals surface area contributed by atoms with E-state index in [9.17, 15) is 9.59 Å². The van der Waals surface area contributed by atoms with E-state index in [1.807, 2.05) is 0 Å². The molecule has 0 heterocycles. The minimum Gasteiger partial charge on any atom is -0.496 e. The second kappa shape index (κ2) is 8.16. The predicted molar refractivity (Wildman–Crippen MR) is 72.8 cm³/mol. The number of amides is 1. The van der Waals surface area contributed by atoms with E-state index in [-0.39, 0.29) is 25.4 Å². The number of ether oxygens (including phenoxy) is 2. The van der Waals surface area contributed by atoms with Gasteiger partial charge in [0, 0.05) is 25.7 Å². The summed E-state index contributed by atoms with van der Waals surface area (Å²) in [6.45, 7) is 0.270. The summed E-state index contributed by atoms with van der Waals surface area (Å²) in [7, 11) is 3.00. The van der Waals surface area contributed by atoms with Gasteiger partial charge in [-0.1, -0.05) is 18.2 Å². The van der Waals surface area contributed by atoms with Gasteiger partial charge in [-0.3, -0.25) is 4.79 Å². The Labute approximate surface area is 117 Å². The molecule has 20 heavy (non-hydrogen) atoms. The molecule has 1 atom stereocenters. The topological polar surface area (TPSA) is 84.9 Å². The molecule has 1 aromatic rings. The van der Waals surface area contributed by atoms with Crippen molar-refractivity contribution < 1.29 is 24.2 Å². The second-order valence-corrected chi connectivity index (χ2v) is 4.23. The van der Waals surface area contributed by atoms with Crippen LogP contribution in [0.15, 0.2) is 24.3 Å².